The van der Waals surface area contributed by atoms with Crippen LogP contribution in [0, 0.1) is 10.1 Å². The highest BCUT2D eigenvalue weighted by molar-refractivity contribution is 6.31. The Morgan fingerprint density at radius 1 is 1.05 bits per heavy atom. The summed E-state index contributed by atoms with van der Waals surface area (Å²) < 4.78 is 0. The van der Waals surface area contributed by atoms with Gasteiger partial charge in [0, 0.05) is 26.2 Å². The summed E-state index contributed by atoms with van der Waals surface area (Å²) in [5.74, 6) is -0.532. The molecule has 2 aromatic rings. The SMILES string of the molecule is O=C1c2ccc(Cl)cc2N[C@@H](c2ccc(Cl)cc2)[C@@H]1[N+](=O)[O-]. The van der Waals surface area contributed by atoms with Crippen LogP contribution in [0.5, 0.6) is 0 Å². The van der Waals surface area contributed by atoms with Gasteiger partial charge in [-0.05, 0) is 35.9 Å². The number of halogens is 2. The van der Waals surface area contributed by atoms with E-state index in [-0.39, 0.29) is 5.56 Å². The Balaban J connectivity index is 2.10. The number of Topliss-reactive ketones (excluding diaryl/α,β-unsaturated/α-hetero) is 1. The molecule has 0 fully saturated rings. The molecule has 1 aliphatic rings. The van der Waals surface area contributed by atoms with Crippen molar-refractivity contribution in [1.82, 2.24) is 0 Å². The third-order valence-electron chi connectivity index (χ3n) is 3.60. The number of anilines is 1. The summed E-state index contributed by atoms with van der Waals surface area (Å²) in [6, 6.07) is 9.06. The molecule has 0 bridgehead atoms. The molecule has 5 nitrogen and oxygen atoms in total. The van der Waals surface area contributed by atoms with E-state index in [2.05, 4.69) is 5.32 Å². The van der Waals surface area contributed by atoms with Crippen molar-refractivity contribution in [2.24, 2.45) is 0 Å². The third-order valence-corrected chi connectivity index (χ3v) is 4.09. The molecule has 0 saturated heterocycles. The topological polar surface area (TPSA) is 72.2 Å². The van der Waals surface area contributed by atoms with E-state index in [1.807, 2.05) is 0 Å². The first-order chi connectivity index (χ1) is 10.5. The summed E-state index contributed by atoms with van der Waals surface area (Å²) in [6.07, 6.45) is 0. The van der Waals surface area contributed by atoms with Crippen LogP contribution in [0.4, 0.5) is 5.69 Å². The van der Waals surface area contributed by atoms with E-state index in [0.29, 0.717) is 21.3 Å². The molecule has 3 rings (SSSR count). The highest BCUT2D eigenvalue weighted by atomic mass is 35.5. The van der Waals surface area contributed by atoms with Crippen LogP contribution >= 0.6 is 23.2 Å². The summed E-state index contributed by atoms with van der Waals surface area (Å²) in [5.41, 5.74) is 1.39. The molecule has 0 aromatic heterocycles. The molecule has 0 radical (unpaired) electrons. The molecule has 2 aromatic carbocycles. The normalized spacial score (nSPS) is 20.2. The van der Waals surface area contributed by atoms with E-state index >= 15 is 0 Å². The van der Waals surface area contributed by atoms with Gasteiger partial charge in [-0.1, -0.05) is 35.3 Å². The van der Waals surface area contributed by atoms with Crippen LogP contribution in [0.1, 0.15) is 22.0 Å². The van der Waals surface area contributed by atoms with E-state index < -0.39 is 22.8 Å². The molecule has 112 valence electrons. The van der Waals surface area contributed by atoms with Crippen molar-refractivity contribution < 1.29 is 9.72 Å². The fraction of sp³-hybridized carbons (Fsp3) is 0.133. The lowest BCUT2D eigenvalue weighted by Crippen LogP contribution is -2.43. The summed E-state index contributed by atoms with van der Waals surface area (Å²) >= 11 is 11.8. The fourth-order valence-electron chi connectivity index (χ4n) is 2.56. The first kappa shape index (κ1) is 14.8. The number of nitrogens with one attached hydrogen (secondary N) is 1. The average Bonchev–Trinajstić information content (AvgIpc) is 2.47. The van der Waals surface area contributed by atoms with Crippen molar-refractivity contribution in [3.8, 4) is 0 Å². The van der Waals surface area contributed by atoms with E-state index in [0.717, 1.165) is 0 Å². The van der Waals surface area contributed by atoms with E-state index in [4.69, 9.17) is 23.2 Å². The van der Waals surface area contributed by atoms with Gasteiger partial charge in [-0.3, -0.25) is 14.9 Å². The quantitative estimate of drug-likeness (QED) is 0.664. The van der Waals surface area contributed by atoms with Gasteiger partial charge in [0.25, 0.3) is 6.04 Å². The molecule has 0 amide bonds. The molecular formula is C15H10Cl2N2O3. The standard InChI is InChI=1S/C15H10Cl2N2O3/c16-9-3-1-8(2-4-9)13-14(19(21)22)15(20)11-6-5-10(17)7-12(11)18-13/h1-7,13-14,18H/t13-,14-/m0/s1. The molecule has 1 heterocycles. The van der Waals surface area contributed by atoms with Crippen LogP contribution in [0.2, 0.25) is 10.0 Å². The number of rotatable bonds is 2. The summed E-state index contributed by atoms with van der Waals surface area (Å²) in [7, 11) is 0. The van der Waals surface area contributed by atoms with Gasteiger partial charge in [-0.25, -0.2) is 0 Å². The second-order valence-corrected chi connectivity index (χ2v) is 5.83. The van der Waals surface area contributed by atoms with Gasteiger partial charge in [0.15, 0.2) is 0 Å². The van der Waals surface area contributed by atoms with Crippen LogP contribution < -0.4 is 5.32 Å². The van der Waals surface area contributed by atoms with Crippen LogP contribution in [0.15, 0.2) is 42.5 Å². The van der Waals surface area contributed by atoms with Crippen LogP contribution in [0.3, 0.4) is 0 Å². The Morgan fingerprint density at radius 2 is 1.68 bits per heavy atom. The molecule has 0 saturated carbocycles. The molecule has 0 aliphatic carbocycles. The predicted octanol–water partition coefficient (Wildman–Crippen LogP) is 3.99. The van der Waals surface area contributed by atoms with E-state index in [1.54, 1.807) is 36.4 Å². The van der Waals surface area contributed by atoms with E-state index in [1.165, 1.54) is 6.07 Å². The Hall–Kier alpha value is -2.11. The molecule has 22 heavy (non-hydrogen) atoms. The number of nitro groups is 1. The summed E-state index contributed by atoms with van der Waals surface area (Å²) in [6.45, 7) is 0. The Morgan fingerprint density at radius 3 is 2.32 bits per heavy atom. The molecular weight excluding hydrogens is 327 g/mol. The molecule has 1 N–H and O–H groups in total. The fourth-order valence-corrected chi connectivity index (χ4v) is 2.86. The number of carbonyl (C=O) groups excluding carboxylic acids is 1. The van der Waals surface area contributed by atoms with Gasteiger partial charge >= 0.3 is 0 Å². The smallest absolute Gasteiger partial charge is 0.298 e. The number of fused-ring (bicyclic) bond motifs is 1. The molecule has 0 unspecified atom stereocenters. The number of benzene rings is 2. The van der Waals surface area contributed by atoms with Gasteiger partial charge in [0.05, 0.1) is 0 Å². The van der Waals surface area contributed by atoms with Gasteiger partial charge in [0.1, 0.15) is 6.04 Å². The number of ketones is 1. The second-order valence-electron chi connectivity index (χ2n) is 4.96. The Bertz CT molecular complexity index is 762. The minimum atomic E-state index is -1.39. The minimum absolute atomic E-state index is 0.274. The van der Waals surface area contributed by atoms with Crippen LogP contribution in [0.25, 0.3) is 0 Å². The number of hydrogen-bond acceptors (Lipinski definition) is 4. The van der Waals surface area contributed by atoms with Crippen molar-refractivity contribution in [3.05, 3.63) is 73.8 Å². The lowest BCUT2D eigenvalue weighted by molar-refractivity contribution is -0.508. The number of nitrogens with zero attached hydrogens (tertiary/aromatic N) is 1. The zero-order valence-electron chi connectivity index (χ0n) is 11.1. The first-order valence-corrected chi connectivity index (χ1v) is 7.22. The van der Waals surface area contributed by atoms with Crippen molar-refractivity contribution in [3.63, 3.8) is 0 Å². The van der Waals surface area contributed by atoms with Crippen LogP contribution in [-0.2, 0) is 0 Å². The minimum Gasteiger partial charge on any atom is -0.371 e. The van der Waals surface area contributed by atoms with Gasteiger partial charge < -0.3 is 5.32 Å². The molecule has 1 aliphatic heterocycles. The predicted molar refractivity (Wildman–Crippen MR) is 84.4 cm³/mol. The van der Waals surface area contributed by atoms with Crippen molar-refractivity contribution in [2.75, 3.05) is 5.32 Å². The average molecular weight is 337 g/mol. The zero-order chi connectivity index (χ0) is 15.9. The zero-order valence-corrected chi connectivity index (χ0v) is 12.6. The Labute approximate surface area is 136 Å². The lowest BCUT2D eigenvalue weighted by Gasteiger charge is -2.28. The summed E-state index contributed by atoms with van der Waals surface area (Å²) in [4.78, 5) is 23.3. The first-order valence-electron chi connectivity index (χ1n) is 6.46. The largest absolute Gasteiger partial charge is 0.371 e. The highest BCUT2D eigenvalue weighted by Gasteiger charge is 2.44. The maximum atomic E-state index is 12.5. The van der Waals surface area contributed by atoms with Crippen molar-refractivity contribution in [2.45, 2.75) is 12.1 Å². The van der Waals surface area contributed by atoms with Gasteiger partial charge in [-0.15, -0.1) is 0 Å². The molecule has 0 spiro atoms. The van der Waals surface area contributed by atoms with E-state index in [9.17, 15) is 14.9 Å². The summed E-state index contributed by atoms with van der Waals surface area (Å²) in [5, 5.41) is 15.4. The van der Waals surface area contributed by atoms with Gasteiger partial charge in [0.2, 0.25) is 5.78 Å². The lowest BCUT2D eigenvalue weighted by atomic mass is 9.88. The molecule has 2 atom stereocenters. The van der Waals surface area contributed by atoms with Crippen LogP contribution in [-0.4, -0.2) is 16.7 Å². The molecule has 7 heteroatoms. The number of carbonyl (C=O) groups is 1. The number of hydrogen-bond donors (Lipinski definition) is 1. The maximum Gasteiger partial charge on any atom is 0.298 e. The van der Waals surface area contributed by atoms with Crippen molar-refractivity contribution >= 4 is 34.7 Å². The second kappa shape index (κ2) is 5.59. The maximum absolute atomic E-state index is 12.5. The monoisotopic (exact) mass is 336 g/mol. The van der Waals surface area contributed by atoms with Gasteiger partial charge in [-0.2, -0.15) is 0 Å². The van der Waals surface area contributed by atoms with Crippen molar-refractivity contribution in [1.29, 1.82) is 0 Å². The highest BCUT2D eigenvalue weighted by Crippen LogP contribution is 2.35. The third kappa shape index (κ3) is 2.53. The Kier molecular flexibility index (Phi) is 3.76.